The molecular formula is C21H28N6O8. The molecule has 2 aromatic rings. The number of carbonyl (C=O) groups excluding carboxylic acids is 3. The van der Waals surface area contributed by atoms with Gasteiger partial charge in [0.15, 0.2) is 24.1 Å². The monoisotopic (exact) mass is 492 g/mol. The van der Waals surface area contributed by atoms with Crippen molar-refractivity contribution in [3.63, 3.8) is 0 Å². The number of nitriles is 1. The molecule has 0 aliphatic rings. The van der Waals surface area contributed by atoms with Crippen LogP contribution in [-0.4, -0.2) is 70.7 Å². The molecule has 190 valence electrons. The summed E-state index contributed by atoms with van der Waals surface area (Å²) < 4.78 is 27.8. The van der Waals surface area contributed by atoms with Crippen molar-refractivity contribution in [3.8, 4) is 6.26 Å². The number of anilines is 1. The molecule has 2 heterocycles. The highest BCUT2D eigenvalue weighted by Gasteiger charge is 2.39. The standard InChI is InChI=1S/C21H28N6O8/c1-5-32-21(30)12(2)25-11-31-8-17(33-9-22)19(35-14(4)29)18(34-13(3)28)15-6-7-16-20(23)24-10-26-27(15)16/h6-7,10,12,17-19,25H,5,8,11H2,1-4H3,(H2,23,24,26)/t12-,17+,18-,19+/m0/s1. The molecule has 0 aliphatic carbocycles. The molecule has 35 heavy (non-hydrogen) atoms. The van der Waals surface area contributed by atoms with Gasteiger partial charge in [0, 0.05) is 13.8 Å². The van der Waals surface area contributed by atoms with Crippen molar-refractivity contribution in [2.75, 3.05) is 25.7 Å². The first kappa shape index (κ1) is 27.3. The van der Waals surface area contributed by atoms with Crippen LogP contribution < -0.4 is 11.1 Å². The van der Waals surface area contributed by atoms with Gasteiger partial charge in [-0.3, -0.25) is 19.7 Å². The van der Waals surface area contributed by atoms with E-state index in [1.54, 1.807) is 32.2 Å². The van der Waals surface area contributed by atoms with E-state index in [2.05, 4.69) is 15.4 Å². The van der Waals surface area contributed by atoms with Crippen LogP contribution in [0.1, 0.15) is 39.5 Å². The summed E-state index contributed by atoms with van der Waals surface area (Å²) >= 11 is 0. The zero-order valence-corrected chi connectivity index (χ0v) is 19.8. The Morgan fingerprint density at radius 2 is 1.94 bits per heavy atom. The molecule has 0 aliphatic heterocycles. The number of hydrogen-bond acceptors (Lipinski definition) is 13. The highest BCUT2D eigenvalue weighted by Crippen LogP contribution is 2.30. The van der Waals surface area contributed by atoms with Gasteiger partial charge < -0.3 is 29.4 Å². The molecule has 3 N–H and O–H groups in total. The fourth-order valence-electron chi connectivity index (χ4n) is 3.16. The number of carbonyl (C=O) groups is 3. The van der Waals surface area contributed by atoms with E-state index in [-0.39, 0.29) is 31.5 Å². The second kappa shape index (κ2) is 13.1. The van der Waals surface area contributed by atoms with Crippen molar-refractivity contribution < 1.29 is 38.1 Å². The maximum Gasteiger partial charge on any atom is 0.322 e. The van der Waals surface area contributed by atoms with Crippen LogP contribution >= 0.6 is 0 Å². The number of nitrogen functional groups attached to an aromatic ring is 1. The lowest BCUT2D eigenvalue weighted by atomic mass is 10.0. The Hall–Kier alpha value is -3.96. The highest BCUT2D eigenvalue weighted by molar-refractivity contribution is 5.75. The lowest BCUT2D eigenvalue weighted by Crippen LogP contribution is -2.43. The quantitative estimate of drug-likeness (QED) is 0.127. The van der Waals surface area contributed by atoms with Gasteiger partial charge in [-0.05, 0) is 26.0 Å². The molecule has 0 fully saturated rings. The number of hydrogen-bond donors (Lipinski definition) is 2. The summed E-state index contributed by atoms with van der Waals surface area (Å²) in [6.07, 6.45) is -1.00. The molecule has 0 aromatic carbocycles. The van der Waals surface area contributed by atoms with Gasteiger partial charge in [-0.1, -0.05) is 0 Å². The van der Waals surface area contributed by atoms with Gasteiger partial charge in [0.25, 0.3) is 6.26 Å². The van der Waals surface area contributed by atoms with Crippen LogP contribution in [0.15, 0.2) is 18.5 Å². The maximum absolute atomic E-state index is 12.0. The number of aromatic nitrogens is 3. The third-order valence-electron chi connectivity index (χ3n) is 4.68. The van der Waals surface area contributed by atoms with Crippen molar-refractivity contribution in [2.45, 2.75) is 52.0 Å². The number of rotatable bonds is 13. The Bertz CT molecular complexity index is 1070. The molecule has 0 saturated heterocycles. The highest BCUT2D eigenvalue weighted by atomic mass is 16.6. The Morgan fingerprint density at radius 3 is 2.57 bits per heavy atom. The molecule has 14 nitrogen and oxygen atoms in total. The third kappa shape index (κ3) is 7.52. The van der Waals surface area contributed by atoms with Gasteiger partial charge in [0.1, 0.15) is 17.9 Å². The molecular weight excluding hydrogens is 464 g/mol. The van der Waals surface area contributed by atoms with Gasteiger partial charge in [0.2, 0.25) is 0 Å². The predicted octanol–water partition coefficient (Wildman–Crippen LogP) is 0.229. The van der Waals surface area contributed by atoms with E-state index < -0.39 is 42.3 Å². The number of ether oxygens (including phenoxy) is 5. The lowest BCUT2D eigenvalue weighted by Gasteiger charge is -2.30. The van der Waals surface area contributed by atoms with Crippen LogP contribution in [-0.2, 0) is 38.1 Å². The molecule has 0 saturated carbocycles. The predicted molar refractivity (Wildman–Crippen MR) is 118 cm³/mol. The van der Waals surface area contributed by atoms with Gasteiger partial charge in [-0.25, -0.2) is 9.50 Å². The number of nitrogens with one attached hydrogen (secondary N) is 1. The summed E-state index contributed by atoms with van der Waals surface area (Å²) in [5.74, 6) is -1.70. The summed E-state index contributed by atoms with van der Waals surface area (Å²) in [7, 11) is 0. The van der Waals surface area contributed by atoms with Crippen LogP contribution in [0.3, 0.4) is 0 Å². The summed E-state index contributed by atoms with van der Waals surface area (Å²) in [6, 6.07) is 2.52. The minimum atomic E-state index is -1.31. The molecule has 2 aromatic heterocycles. The average molecular weight is 492 g/mol. The zero-order chi connectivity index (χ0) is 26.0. The smallest absolute Gasteiger partial charge is 0.322 e. The third-order valence-corrected chi connectivity index (χ3v) is 4.68. The molecule has 0 spiro atoms. The largest absolute Gasteiger partial charge is 0.465 e. The summed E-state index contributed by atoms with van der Waals surface area (Å²) in [6.45, 7) is 5.45. The first-order valence-electron chi connectivity index (χ1n) is 10.6. The van der Waals surface area contributed by atoms with Crippen molar-refractivity contribution in [3.05, 3.63) is 24.2 Å². The second-order valence-corrected chi connectivity index (χ2v) is 7.25. The molecule has 2 rings (SSSR count). The fourth-order valence-corrected chi connectivity index (χ4v) is 3.16. The molecule has 0 unspecified atom stereocenters. The Morgan fingerprint density at radius 1 is 1.23 bits per heavy atom. The lowest BCUT2D eigenvalue weighted by molar-refractivity contribution is -0.179. The van der Waals surface area contributed by atoms with Crippen LogP contribution in [0.2, 0.25) is 0 Å². The van der Waals surface area contributed by atoms with E-state index in [9.17, 15) is 19.6 Å². The van der Waals surface area contributed by atoms with Gasteiger partial charge >= 0.3 is 17.9 Å². The Kier molecular flexibility index (Phi) is 10.2. The van der Waals surface area contributed by atoms with Crippen LogP contribution in [0.4, 0.5) is 5.82 Å². The topological polar surface area (TPSA) is 189 Å². The summed E-state index contributed by atoms with van der Waals surface area (Å²) in [4.78, 5) is 39.5. The number of fused-ring (bicyclic) bond motifs is 1. The Labute approximate surface area is 201 Å². The zero-order valence-electron chi connectivity index (χ0n) is 19.8. The van der Waals surface area contributed by atoms with Crippen molar-refractivity contribution in [2.24, 2.45) is 0 Å². The number of nitrogens with zero attached hydrogens (tertiary/aromatic N) is 4. The van der Waals surface area contributed by atoms with Crippen molar-refractivity contribution in [1.82, 2.24) is 19.9 Å². The number of esters is 3. The minimum Gasteiger partial charge on any atom is -0.465 e. The molecule has 0 bridgehead atoms. The molecule has 4 atom stereocenters. The summed E-state index contributed by atoms with van der Waals surface area (Å²) in [5.41, 5.74) is 6.60. The van der Waals surface area contributed by atoms with Crippen molar-refractivity contribution in [1.29, 1.82) is 5.26 Å². The first-order chi connectivity index (χ1) is 16.7. The van der Waals surface area contributed by atoms with Gasteiger partial charge in [0.05, 0.1) is 25.6 Å². The van der Waals surface area contributed by atoms with E-state index >= 15 is 0 Å². The average Bonchev–Trinajstić information content (AvgIpc) is 3.23. The fraction of sp³-hybridized carbons (Fsp3) is 0.524. The summed E-state index contributed by atoms with van der Waals surface area (Å²) in [5, 5.41) is 16.1. The molecule has 14 heteroatoms. The SMILES string of the molecule is CCOC(=O)[C@H](C)NCOC[C@@H](OC#N)[C@@H](OC(C)=O)[C@@H](OC(C)=O)c1ccc2c(N)ncnn12. The first-order valence-corrected chi connectivity index (χ1v) is 10.6. The van der Waals surface area contributed by atoms with Gasteiger partial charge in [-0.15, -0.1) is 0 Å². The second-order valence-electron chi connectivity index (χ2n) is 7.25. The van der Waals surface area contributed by atoms with Gasteiger partial charge in [-0.2, -0.15) is 10.4 Å². The Balaban J connectivity index is 2.31. The van der Waals surface area contributed by atoms with E-state index in [0.29, 0.717) is 5.52 Å². The van der Waals surface area contributed by atoms with Crippen LogP contribution in [0.5, 0.6) is 0 Å². The van der Waals surface area contributed by atoms with E-state index in [4.69, 9.17) is 29.4 Å². The molecule has 0 radical (unpaired) electrons. The van der Waals surface area contributed by atoms with E-state index in [1.165, 1.54) is 17.8 Å². The number of nitrogens with two attached hydrogens (primary N) is 1. The van der Waals surface area contributed by atoms with E-state index in [0.717, 1.165) is 6.92 Å². The van der Waals surface area contributed by atoms with E-state index in [1.807, 2.05) is 0 Å². The minimum absolute atomic E-state index is 0.117. The van der Waals surface area contributed by atoms with Crippen molar-refractivity contribution >= 4 is 29.2 Å². The van der Waals surface area contributed by atoms with Crippen LogP contribution in [0, 0.1) is 11.5 Å². The normalized spacial score (nSPS) is 14.3. The maximum atomic E-state index is 12.0. The molecule has 0 amide bonds. The van der Waals surface area contributed by atoms with Crippen LogP contribution in [0.25, 0.3) is 5.52 Å².